The molecular formula is C11H12N2O4. The highest BCUT2D eigenvalue weighted by molar-refractivity contribution is 6.03. The van der Waals surface area contributed by atoms with Crippen molar-refractivity contribution in [3.63, 3.8) is 0 Å². The molecule has 3 rings (SSSR count). The summed E-state index contributed by atoms with van der Waals surface area (Å²) in [4.78, 5) is 13.3. The molecule has 90 valence electrons. The second kappa shape index (κ2) is 3.81. The van der Waals surface area contributed by atoms with Crippen molar-refractivity contribution < 1.29 is 19.4 Å². The van der Waals surface area contributed by atoms with Crippen molar-refractivity contribution >= 4 is 17.3 Å². The second-order valence-corrected chi connectivity index (χ2v) is 3.85. The van der Waals surface area contributed by atoms with Crippen LogP contribution in [-0.2, 0) is 4.79 Å². The van der Waals surface area contributed by atoms with Gasteiger partial charge < -0.3 is 24.8 Å². The van der Waals surface area contributed by atoms with Crippen LogP contribution in [-0.4, -0.2) is 37.5 Å². The highest BCUT2D eigenvalue weighted by Gasteiger charge is 2.27. The van der Waals surface area contributed by atoms with Gasteiger partial charge >= 0.3 is 0 Å². The molecule has 2 aliphatic rings. The number of ether oxygens (including phenoxy) is 2. The zero-order valence-corrected chi connectivity index (χ0v) is 9.10. The van der Waals surface area contributed by atoms with Crippen molar-refractivity contribution in [2.75, 3.05) is 36.7 Å². The Kier molecular flexibility index (Phi) is 2.29. The molecule has 0 saturated carbocycles. The average Bonchev–Trinajstić information content (AvgIpc) is 2.78. The summed E-state index contributed by atoms with van der Waals surface area (Å²) in [6.07, 6.45) is 0. The van der Waals surface area contributed by atoms with E-state index in [0.29, 0.717) is 11.5 Å². The fourth-order valence-electron chi connectivity index (χ4n) is 2.04. The molecule has 0 saturated heterocycles. The summed E-state index contributed by atoms with van der Waals surface area (Å²) in [5, 5.41) is 12.0. The molecule has 6 heteroatoms. The van der Waals surface area contributed by atoms with Crippen molar-refractivity contribution in [3.05, 3.63) is 12.1 Å². The van der Waals surface area contributed by atoms with Gasteiger partial charge in [0.05, 0.1) is 24.5 Å². The van der Waals surface area contributed by atoms with E-state index in [0.717, 1.165) is 11.4 Å². The third kappa shape index (κ3) is 1.57. The van der Waals surface area contributed by atoms with E-state index < -0.39 is 0 Å². The number of amides is 1. The zero-order chi connectivity index (χ0) is 11.8. The number of nitrogens with zero attached hydrogens (tertiary/aromatic N) is 1. The number of β-amino-alcohol motifs (C(OH)–C–C–N with tert-alkyl or cyclic N) is 1. The van der Waals surface area contributed by atoms with Crippen LogP contribution in [0.15, 0.2) is 12.1 Å². The molecule has 2 N–H and O–H groups in total. The first-order valence-corrected chi connectivity index (χ1v) is 5.38. The molecular weight excluding hydrogens is 224 g/mol. The Balaban J connectivity index is 2.05. The number of hydrogen-bond acceptors (Lipinski definition) is 5. The van der Waals surface area contributed by atoms with Crippen molar-refractivity contribution in [1.82, 2.24) is 0 Å². The minimum absolute atomic E-state index is 0.0644. The van der Waals surface area contributed by atoms with Gasteiger partial charge in [-0.3, -0.25) is 4.79 Å². The van der Waals surface area contributed by atoms with Gasteiger partial charge in [-0.15, -0.1) is 0 Å². The number of hydrogen-bond donors (Lipinski definition) is 2. The Morgan fingerprint density at radius 2 is 2.12 bits per heavy atom. The van der Waals surface area contributed by atoms with Crippen LogP contribution >= 0.6 is 0 Å². The molecule has 0 aliphatic carbocycles. The standard InChI is InChI=1S/C11H12N2O4/c14-2-1-13-8-4-10-9(16-6-17-10)3-7(8)12-5-11(13)15/h3-4,12,14H,1-2,5-6H2. The Morgan fingerprint density at radius 3 is 2.88 bits per heavy atom. The lowest BCUT2D eigenvalue weighted by molar-refractivity contribution is -0.117. The molecule has 0 radical (unpaired) electrons. The van der Waals surface area contributed by atoms with Crippen LogP contribution in [0.4, 0.5) is 11.4 Å². The van der Waals surface area contributed by atoms with Gasteiger partial charge in [0.1, 0.15) is 0 Å². The van der Waals surface area contributed by atoms with Gasteiger partial charge in [0.2, 0.25) is 12.7 Å². The molecule has 0 spiro atoms. The van der Waals surface area contributed by atoms with Crippen molar-refractivity contribution in [2.24, 2.45) is 0 Å². The maximum absolute atomic E-state index is 11.7. The third-order valence-corrected chi connectivity index (χ3v) is 2.84. The summed E-state index contributed by atoms with van der Waals surface area (Å²) in [7, 11) is 0. The van der Waals surface area contributed by atoms with E-state index >= 15 is 0 Å². The van der Waals surface area contributed by atoms with E-state index in [-0.39, 0.29) is 32.4 Å². The van der Waals surface area contributed by atoms with Crippen molar-refractivity contribution in [3.8, 4) is 11.5 Å². The third-order valence-electron chi connectivity index (χ3n) is 2.84. The Morgan fingerprint density at radius 1 is 1.35 bits per heavy atom. The van der Waals surface area contributed by atoms with Crippen LogP contribution < -0.4 is 19.7 Å². The van der Waals surface area contributed by atoms with Crippen molar-refractivity contribution in [1.29, 1.82) is 0 Å². The van der Waals surface area contributed by atoms with E-state index in [1.54, 1.807) is 11.0 Å². The van der Waals surface area contributed by atoms with Crippen LogP contribution in [0.5, 0.6) is 11.5 Å². The molecule has 0 fully saturated rings. The second-order valence-electron chi connectivity index (χ2n) is 3.85. The Labute approximate surface area is 97.7 Å². The minimum atomic E-state index is -0.0698. The topological polar surface area (TPSA) is 71.0 Å². The summed E-state index contributed by atoms with van der Waals surface area (Å²) in [6, 6.07) is 3.58. The van der Waals surface area contributed by atoms with Gasteiger partial charge in [0.15, 0.2) is 11.5 Å². The number of nitrogens with one attached hydrogen (secondary N) is 1. The lowest BCUT2D eigenvalue weighted by Crippen LogP contribution is -2.41. The molecule has 0 unspecified atom stereocenters. The van der Waals surface area contributed by atoms with E-state index in [9.17, 15) is 4.79 Å². The number of aliphatic hydroxyl groups is 1. The van der Waals surface area contributed by atoms with Gasteiger partial charge in [-0.1, -0.05) is 0 Å². The van der Waals surface area contributed by atoms with Crippen LogP contribution in [0.1, 0.15) is 0 Å². The van der Waals surface area contributed by atoms with Crippen LogP contribution in [0, 0.1) is 0 Å². The number of fused-ring (bicyclic) bond motifs is 2. The van der Waals surface area contributed by atoms with E-state index in [4.69, 9.17) is 14.6 Å². The van der Waals surface area contributed by atoms with Crippen LogP contribution in [0.25, 0.3) is 0 Å². The van der Waals surface area contributed by atoms with Gasteiger partial charge in [0, 0.05) is 18.7 Å². The molecule has 1 amide bonds. The highest BCUT2D eigenvalue weighted by atomic mass is 16.7. The van der Waals surface area contributed by atoms with Gasteiger partial charge in [0.25, 0.3) is 0 Å². The lowest BCUT2D eigenvalue weighted by Gasteiger charge is -2.29. The molecule has 0 atom stereocenters. The summed E-state index contributed by atoms with van der Waals surface area (Å²) in [5.41, 5.74) is 1.54. The first-order chi connectivity index (χ1) is 8.29. The molecule has 2 aliphatic heterocycles. The summed E-state index contributed by atoms with van der Waals surface area (Å²) >= 11 is 0. The van der Waals surface area contributed by atoms with Gasteiger partial charge in [-0.05, 0) is 0 Å². The zero-order valence-electron chi connectivity index (χ0n) is 9.10. The maximum atomic E-state index is 11.7. The first kappa shape index (κ1) is 10.2. The fraction of sp³-hybridized carbons (Fsp3) is 0.364. The highest BCUT2D eigenvalue weighted by Crippen LogP contribution is 2.42. The maximum Gasteiger partial charge on any atom is 0.246 e. The van der Waals surface area contributed by atoms with Crippen LogP contribution in [0.3, 0.4) is 0 Å². The molecule has 0 aromatic heterocycles. The average molecular weight is 236 g/mol. The number of benzene rings is 1. The predicted molar refractivity (Wildman–Crippen MR) is 60.5 cm³/mol. The van der Waals surface area contributed by atoms with E-state index in [1.165, 1.54) is 0 Å². The predicted octanol–water partition coefficient (Wildman–Crippen LogP) is 0.166. The fourth-order valence-corrected chi connectivity index (χ4v) is 2.04. The number of anilines is 2. The van der Waals surface area contributed by atoms with E-state index in [1.807, 2.05) is 6.07 Å². The smallest absolute Gasteiger partial charge is 0.246 e. The molecule has 17 heavy (non-hydrogen) atoms. The first-order valence-electron chi connectivity index (χ1n) is 5.38. The summed E-state index contributed by atoms with van der Waals surface area (Å²) < 4.78 is 10.5. The number of rotatable bonds is 2. The summed E-state index contributed by atoms with van der Waals surface area (Å²) in [6.45, 7) is 0.644. The SMILES string of the molecule is O=C1CNc2cc3c(cc2N1CCO)OCO3. The van der Waals surface area contributed by atoms with Gasteiger partial charge in [-0.25, -0.2) is 0 Å². The summed E-state index contributed by atoms with van der Waals surface area (Å²) in [5.74, 6) is 1.24. The minimum Gasteiger partial charge on any atom is -0.454 e. The normalized spacial score (nSPS) is 16.8. The molecule has 2 heterocycles. The molecule has 1 aromatic rings. The van der Waals surface area contributed by atoms with Gasteiger partial charge in [-0.2, -0.15) is 0 Å². The number of carbonyl (C=O) groups is 1. The van der Waals surface area contributed by atoms with E-state index in [2.05, 4.69) is 5.32 Å². The lowest BCUT2D eigenvalue weighted by atomic mass is 10.1. The Bertz CT molecular complexity index is 475. The molecule has 1 aromatic carbocycles. The number of aliphatic hydroxyl groups excluding tert-OH is 1. The molecule has 0 bridgehead atoms. The monoisotopic (exact) mass is 236 g/mol. The van der Waals surface area contributed by atoms with Crippen LogP contribution in [0.2, 0.25) is 0 Å². The molecule has 6 nitrogen and oxygen atoms in total. The number of carbonyl (C=O) groups excluding carboxylic acids is 1. The quantitative estimate of drug-likeness (QED) is 0.765. The largest absolute Gasteiger partial charge is 0.454 e. The Hall–Kier alpha value is -1.95. The van der Waals surface area contributed by atoms with Crippen molar-refractivity contribution in [2.45, 2.75) is 0 Å².